The molecular weight excluding hydrogens is 372 g/mol. The fourth-order valence-corrected chi connectivity index (χ4v) is 4.53. The number of halogens is 1. The quantitative estimate of drug-likeness (QED) is 0.756. The maximum Gasteiger partial charge on any atom is 0.255 e. The summed E-state index contributed by atoms with van der Waals surface area (Å²) in [7, 11) is 0. The highest BCUT2D eigenvalue weighted by molar-refractivity contribution is 6.31. The molecule has 1 amide bonds. The number of carbonyl (C=O) groups is 1. The Hall–Kier alpha value is -2.11. The van der Waals surface area contributed by atoms with E-state index in [1.54, 1.807) is 12.4 Å². The van der Waals surface area contributed by atoms with E-state index >= 15 is 0 Å². The summed E-state index contributed by atoms with van der Waals surface area (Å²) in [5.74, 6) is 1.32. The molecule has 0 spiro atoms. The topological polar surface area (TPSA) is 48.5 Å². The molecule has 0 radical (unpaired) electrons. The molecule has 3 heterocycles. The normalized spacial score (nSPS) is 21.7. The molecule has 2 atom stereocenters. The highest BCUT2D eigenvalue weighted by Gasteiger charge is 2.41. The number of hydrogen-bond donors (Lipinski definition) is 1. The maximum absolute atomic E-state index is 12.6. The smallest absolute Gasteiger partial charge is 0.255 e. The van der Waals surface area contributed by atoms with Crippen LogP contribution < -0.4 is 5.32 Å². The standard InChI is InChI=1S/C22H27ClN4O/c1-16-5-6-20(10-21(16)23)25-8-3-9-26-12-18-14-27(15-19(18)13-26)22(28)17-4-2-7-24-11-17/h2,4-7,10-11,18-19,25H,3,8-9,12-15H2,1H3. The molecule has 2 saturated heterocycles. The molecule has 28 heavy (non-hydrogen) atoms. The monoisotopic (exact) mass is 398 g/mol. The van der Waals surface area contributed by atoms with Crippen molar-refractivity contribution in [2.75, 3.05) is 44.6 Å². The average Bonchev–Trinajstić information content (AvgIpc) is 3.27. The van der Waals surface area contributed by atoms with Gasteiger partial charge in [-0.05, 0) is 61.6 Å². The van der Waals surface area contributed by atoms with Crippen LogP contribution >= 0.6 is 11.6 Å². The summed E-state index contributed by atoms with van der Waals surface area (Å²) in [6.07, 6.45) is 4.47. The molecule has 2 fully saturated rings. The first kappa shape index (κ1) is 19.2. The maximum atomic E-state index is 12.6. The van der Waals surface area contributed by atoms with Crippen molar-refractivity contribution in [1.29, 1.82) is 0 Å². The number of likely N-dealkylation sites (tertiary alicyclic amines) is 2. The molecule has 148 valence electrons. The lowest BCUT2D eigenvalue weighted by atomic mass is 10.0. The molecule has 5 nitrogen and oxygen atoms in total. The molecule has 0 bridgehead atoms. The number of aryl methyl sites for hydroxylation is 1. The molecule has 2 aliphatic heterocycles. The van der Waals surface area contributed by atoms with E-state index in [-0.39, 0.29) is 5.91 Å². The Morgan fingerprint density at radius 1 is 1.21 bits per heavy atom. The minimum Gasteiger partial charge on any atom is -0.385 e. The van der Waals surface area contributed by atoms with E-state index in [1.165, 1.54) is 0 Å². The predicted octanol–water partition coefficient (Wildman–Crippen LogP) is 3.55. The van der Waals surface area contributed by atoms with Crippen LogP contribution in [0.25, 0.3) is 0 Å². The number of pyridine rings is 1. The molecule has 6 heteroatoms. The average molecular weight is 399 g/mol. The first-order valence-electron chi connectivity index (χ1n) is 10.0. The first-order chi connectivity index (χ1) is 13.6. The van der Waals surface area contributed by atoms with Crippen LogP contribution in [0.3, 0.4) is 0 Å². The Balaban J connectivity index is 1.19. The van der Waals surface area contributed by atoms with Gasteiger partial charge in [0, 0.05) is 55.8 Å². The van der Waals surface area contributed by atoms with Crippen LogP contribution in [0.5, 0.6) is 0 Å². The van der Waals surface area contributed by atoms with E-state index in [2.05, 4.69) is 21.3 Å². The second-order valence-corrected chi connectivity index (χ2v) is 8.38. The van der Waals surface area contributed by atoms with Gasteiger partial charge in [0.2, 0.25) is 0 Å². The lowest BCUT2D eigenvalue weighted by Crippen LogP contribution is -2.33. The second kappa shape index (κ2) is 8.50. The van der Waals surface area contributed by atoms with E-state index in [9.17, 15) is 4.79 Å². The van der Waals surface area contributed by atoms with E-state index in [0.29, 0.717) is 17.4 Å². The molecule has 2 aliphatic rings. The van der Waals surface area contributed by atoms with Gasteiger partial charge < -0.3 is 15.1 Å². The third-order valence-electron chi connectivity index (χ3n) is 5.91. The van der Waals surface area contributed by atoms with Crippen LogP contribution in [0.4, 0.5) is 5.69 Å². The van der Waals surface area contributed by atoms with Gasteiger partial charge in [-0.1, -0.05) is 17.7 Å². The zero-order valence-electron chi connectivity index (χ0n) is 16.3. The van der Waals surface area contributed by atoms with Gasteiger partial charge in [0.15, 0.2) is 0 Å². The van der Waals surface area contributed by atoms with Crippen molar-refractivity contribution in [2.45, 2.75) is 13.3 Å². The van der Waals surface area contributed by atoms with Crippen molar-refractivity contribution in [3.05, 3.63) is 58.9 Å². The lowest BCUT2D eigenvalue weighted by molar-refractivity contribution is 0.0773. The second-order valence-electron chi connectivity index (χ2n) is 7.98. The SMILES string of the molecule is Cc1ccc(NCCCN2CC3CN(C(=O)c4cccnc4)CC3C2)cc1Cl. The van der Waals surface area contributed by atoms with Crippen molar-refractivity contribution in [1.82, 2.24) is 14.8 Å². The third-order valence-corrected chi connectivity index (χ3v) is 6.32. The number of amides is 1. The summed E-state index contributed by atoms with van der Waals surface area (Å²) in [4.78, 5) is 21.2. The van der Waals surface area contributed by atoms with Crippen molar-refractivity contribution >= 4 is 23.2 Å². The molecule has 1 aromatic heterocycles. The largest absolute Gasteiger partial charge is 0.385 e. The Morgan fingerprint density at radius 2 is 2.00 bits per heavy atom. The van der Waals surface area contributed by atoms with Crippen LogP contribution in [-0.4, -0.2) is 60.0 Å². The summed E-state index contributed by atoms with van der Waals surface area (Å²) in [6.45, 7) is 7.98. The summed E-state index contributed by atoms with van der Waals surface area (Å²) in [5, 5.41) is 4.27. The molecule has 1 aromatic carbocycles. The number of benzene rings is 1. The molecule has 0 aliphatic carbocycles. The van der Waals surface area contributed by atoms with Crippen LogP contribution in [0.15, 0.2) is 42.7 Å². The van der Waals surface area contributed by atoms with Gasteiger partial charge in [-0.25, -0.2) is 0 Å². The Kier molecular flexibility index (Phi) is 5.83. The van der Waals surface area contributed by atoms with Crippen molar-refractivity contribution < 1.29 is 4.79 Å². The summed E-state index contributed by atoms with van der Waals surface area (Å²) in [5.41, 5.74) is 2.88. The van der Waals surface area contributed by atoms with Gasteiger partial charge in [-0.15, -0.1) is 0 Å². The Morgan fingerprint density at radius 3 is 2.68 bits per heavy atom. The molecule has 1 N–H and O–H groups in total. The van der Waals surface area contributed by atoms with Gasteiger partial charge in [0.05, 0.1) is 5.56 Å². The zero-order chi connectivity index (χ0) is 19.5. The summed E-state index contributed by atoms with van der Waals surface area (Å²) < 4.78 is 0. The van der Waals surface area contributed by atoms with Crippen LogP contribution in [0.2, 0.25) is 5.02 Å². The van der Waals surface area contributed by atoms with Crippen molar-refractivity contribution in [3.8, 4) is 0 Å². The molecule has 0 saturated carbocycles. The fraction of sp³-hybridized carbons (Fsp3) is 0.455. The molecular formula is C22H27ClN4O. The predicted molar refractivity (Wildman–Crippen MR) is 113 cm³/mol. The van der Waals surface area contributed by atoms with Crippen LogP contribution in [-0.2, 0) is 0 Å². The van der Waals surface area contributed by atoms with Crippen LogP contribution in [0.1, 0.15) is 22.3 Å². The van der Waals surface area contributed by atoms with E-state index in [1.807, 2.05) is 36.1 Å². The van der Waals surface area contributed by atoms with Gasteiger partial charge >= 0.3 is 0 Å². The van der Waals surface area contributed by atoms with Crippen molar-refractivity contribution in [3.63, 3.8) is 0 Å². The van der Waals surface area contributed by atoms with Gasteiger partial charge in [-0.3, -0.25) is 9.78 Å². The van der Waals surface area contributed by atoms with E-state index < -0.39 is 0 Å². The first-order valence-corrected chi connectivity index (χ1v) is 10.4. The van der Waals surface area contributed by atoms with Crippen LogP contribution in [0, 0.1) is 18.8 Å². The van der Waals surface area contributed by atoms with Gasteiger partial charge in [0.1, 0.15) is 0 Å². The third kappa shape index (κ3) is 4.31. The number of rotatable bonds is 6. The zero-order valence-corrected chi connectivity index (χ0v) is 17.0. The number of carbonyl (C=O) groups excluding carboxylic acids is 1. The highest BCUT2D eigenvalue weighted by atomic mass is 35.5. The number of hydrogen-bond acceptors (Lipinski definition) is 4. The molecule has 2 unspecified atom stereocenters. The minimum absolute atomic E-state index is 0.120. The minimum atomic E-state index is 0.120. The fourth-order valence-electron chi connectivity index (χ4n) is 4.35. The number of nitrogens with zero attached hydrogens (tertiary/aromatic N) is 3. The Bertz CT molecular complexity index is 815. The summed E-state index contributed by atoms with van der Waals surface area (Å²) >= 11 is 6.18. The Labute approximate surface area is 171 Å². The van der Waals surface area contributed by atoms with E-state index in [4.69, 9.17) is 11.6 Å². The lowest BCUT2D eigenvalue weighted by Gasteiger charge is -2.21. The van der Waals surface area contributed by atoms with Gasteiger partial charge in [0.25, 0.3) is 5.91 Å². The number of nitrogens with one attached hydrogen (secondary N) is 1. The molecule has 2 aromatic rings. The van der Waals surface area contributed by atoms with E-state index in [0.717, 1.165) is 62.0 Å². The number of anilines is 1. The molecule has 4 rings (SSSR count). The highest BCUT2D eigenvalue weighted by Crippen LogP contribution is 2.31. The summed E-state index contributed by atoms with van der Waals surface area (Å²) in [6, 6.07) is 9.79. The number of aromatic nitrogens is 1. The number of fused-ring (bicyclic) bond motifs is 1. The van der Waals surface area contributed by atoms with Gasteiger partial charge in [-0.2, -0.15) is 0 Å². The van der Waals surface area contributed by atoms with Crippen molar-refractivity contribution in [2.24, 2.45) is 11.8 Å².